The van der Waals surface area contributed by atoms with Gasteiger partial charge in [0, 0.05) is 6.54 Å². The summed E-state index contributed by atoms with van der Waals surface area (Å²) in [6.45, 7) is 6.68. The van der Waals surface area contributed by atoms with Crippen LogP contribution in [-0.2, 0) is 4.79 Å². The Kier molecular flexibility index (Phi) is 5.19. The number of allylic oxidation sites excluding steroid dienone is 1. The van der Waals surface area contributed by atoms with Crippen molar-refractivity contribution in [3.05, 3.63) is 11.6 Å². The normalized spacial score (nSPS) is 18.5. The topological polar surface area (TPSA) is 55.1 Å². The van der Waals surface area contributed by atoms with Gasteiger partial charge in [0.05, 0.1) is 6.04 Å². The molecule has 3 N–H and O–H groups in total. The van der Waals surface area contributed by atoms with Crippen LogP contribution in [0.25, 0.3) is 0 Å². The fourth-order valence-corrected chi connectivity index (χ4v) is 1.98. The molecule has 1 aliphatic carbocycles. The predicted molar refractivity (Wildman–Crippen MR) is 71.6 cm³/mol. The number of amides is 1. The lowest BCUT2D eigenvalue weighted by Gasteiger charge is -2.26. The van der Waals surface area contributed by atoms with Crippen molar-refractivity contribution in [2.75, 3.05) is 6.54 Å². The van der Waals surface area contributed by atoms with Gasteiger partial charge in [-0.3, -0.25) is 4.79 Å². The smallest absolute Gasteiger partial charge is 0.237 e. The maximum atomic E-state index is 11.8. The Bertz CT molecular complexity index is 289. The van der Waals surface area contributed by atoms with Gasteiger partial charge in [-0.2, -0.15) is 0 Å². The number of carbonyl (C=O) groups is 1. The van der Waals surface area contributed by atoms with Crippen molar-refractivity contribution in [2.45, 2.75) is 58.9 Å². The zero-order valence-electron chi connectivity index (χ0n) is 11.4. The highest BCUT2D eigenvalue weighted by Gasteiger charge is 2.26. The van der Waals surface area contributed by atoms with Gasteiger partial charge in [0.1, 0.15) is 0 Å². The summed E-state index contributed by atoms with van der Waals surface area (Å²) < 4.78 is 0. The molecule has 0 heterocycles. The lowest BCUT2D eigenvalue weighted by Crippen LogP contribution is -2.48. The lowest BCUT2D eigenvalue weighted by atomic mass is 9.87. The van der Waals surface area contributed by atoms with Crippen LogP contribution in [0.4, 0.5) is 0 Å². The largest absolute Gasteiger partial charge is 0.354 e. The van der Waals surface area contributed by atoms with Crippen LogP contribution in [0.2, 0.25) is 0 Å². The van der Waals surface area contributed by atoms with Crippen LogP contribution in [0.1, 0.15) is 52.9 Å². The molecule has 17 heavy (non-hydrogen) atoms. The summed E-state index contributed by atoms with van der Waals surface area (Å²) in [4.78, 5) is 11.8. The molecule has 0 spiro atoms. The molecule has 1 amide bonds. The average molecular weight is 238 g/mol. The minimum atomic E-state index is -0.428. The molecule has 1 atom stereocenters. The van der Waals surface area contributed by atoms with Crippen LogP contribution in [-0.4, -0.2) is 18.5 Å². The Morgan fingerprint density at radius 2 is 2.18 bits per heavy atom. The number of rotatable bonds is 4. The highest BCUT2D eigenvalue weighted by molar-refractivity contribution is 5.82. The average Bonchev–Trinajstić information content (AvgIpc) is 2.28. The van der Waals surface area contributed by atoms with Crippen molar-refractivity contribution in [3.63, 3.8) is 0 Å². The lowest BCUT2D eigenvalue weighted by molar-refractivity contribution is -0.124. The Hall–Kier alpha value is -0.830. The fraction of sp³-hybridized carbons (Fsp3) is 0.786. The van der Waals surface area contributed by atoms with Gasteiger partial charge in [-0.15, -0.1) is 0 Å². The fourth-order valence-electron chi connectivity index (χ4n) is 1.98. The first-order valence-electron chi connectivity index (χ1n) is 6.62. The van der Waals surface area contributed by atoms with Gasteiger partial charge >= 0.3 is 0 Å². The molecule has 0 aromatic carbocycles. The van der Waals surface area contributed by atoms with Crippen LogP contribution < -0.4 is 11.1 Å². The maximum absolute atomic E-state index is 11.8. The maximum Gasteiger partial charge on any atom is 0.237 e. The summed E-state index contributed by atoms with van der Waals surface area (Å²) in [6.07, 6.45) is 8.29. The summed E-state index contributed by atoms with van der Waals surface area (Å²) in [5, 5.41) is 2.93. The number of nitrogens with two attached hydrogens (primary N) is 1. The molecule has 0 aliphatic heterocycles. The number of hydrogen-bond donors (Lipinski definition) is 2. The standard InChI is InChI=1S/C14H26N2O/c1-14(2,3)12(15)13(17)16-10-9-11-7-5-4-6-8-11/h7,12H,4-6,8-10,15H2,1-3H3,(H,16,17). The molecular weight excluding hydrogens is 212 g/mol. The SMILES string of the molecule is CC(C)(C)C(N)C(=O)NCCC1=CCCCC1. The summed E-state index contributed by atoms with van der Waals surface area (Å²) in [5.41, 5.74) is 7.20. The first kappa shape index (κ1) is 14.2. The first-order chi connectivity index (χ1) is 7.91. The zero-order chi connectivity index (χ0) is 12.9. The second-order valence-corrected chi connectivity index (χ2v) is 5.99. The van der Waals surface area contributed by atoms with Gasteiger partial charge in [0.2, 0.25) is 5.91 Å². The molecule has 0 aromatic heterocycles. The van der Waals surface area contributed by atoms with Gasteiger partial charge in [-0.25, -0.2) is 0 Å². The van der Waals surface area contributed by atoms with Crippen LogP contribution in [0.15, 0.2) is 11.6 Å². The highest BCUT2D eigenvalue weighted by atomic mass is 16.2. The third-order valence-electron chi connectivity index (χ3n) is 3.35. The van der Waals surface area contributed by atoms with E-state index in [1.165, 1.54) is 31.3 Å². The van der Waals surface area contributed by atoms with Gasteiger partial charge in [0.15, 0.2) is 0 Å². The minimum Gasteiger partial charge on any atom is -0.354 e. The number of carbonyl (C=O) groups excluding carboxylic acids is 1. The van der Waals surface area contributed by atoms with Gasteiger partial charge < -0.3 is 11.1 Å². The third-order valence-corrected chi connectivity index (χ3v) is 3.35. The zero-order valence-corrected chi connectivity index (χ0v) is 11.4. The van der Waals surface area contributed by atoms with Crippen LogP contribution in [0.5, 0.6) is 0 Å². The predicted octanol–water partition coefficient (Wildman–Crippen LogP) is 2.37. The van der Waals surface area contributed by atoms with Crippen LogP contribution >= 0.6 is 0 Å². The summed E-state index contributed by atoms with van der Waals surface area (Å²) >= 11 is 0. The van der Waals surface area contributed by atoms with E-state index in [2.05, 4.69) is 11.4 Å². The molecule has 0 bridgehead atoms. The summed E-state index contributed by atoms with van der Waals surface area (Å²) in [7, 11) is 0. The van der Waals surface area contributed by atoms with Crippen molar-refractivity contribution in [1.29, 1.82) is 0 Å². The van der Waals surface area contributed by atoms with Crippen molar-refractivity contribution in [2.24, 2.45) is 11.1 Å². The van der Waals surface area contributed by atoms with Gasteiger partial charge in [-0.1, -0.05) is 32.4 Å². The second-order valence-electron chi connectivity index (χ2n) is 5.99. The molecule has 3 nitrogen and oxygen atoms in total. The molecule has 0 saturated heterocycles. The molecule has 0 saturated carbocycles. The molecule has 0 fully saturated rings. The van der Waals surface area contributed by atoms with E-state index in [1.807, 2.05) is 20.8 Å². The van der Waals surface area contributed by atoms with E-state index in [-0.39, 0.29) is 11.3 Å². The van der Waals surface area contributed by atoms with Crippen molar-refractivity contribution in [3.8, 4) is 0 Å². The van der Waals surface area contributed by atoms with E-state index in [9.17, 15) is 4.79 Å². The summed E-state index contributed by atoms with van der Waals surface area (Å²) in [6, 6.07) is -0.428. The van der Waals surface area contributed by atoms with Gasteiger partial charge in [0.25, 0.3) is 0 Å². The van der Waals surface area contributed by atoms with E-state index in [0.717, 1.165) is 6.42 Å². The Labute approximate surface area is 105 Å². The van der Waals surface area contributed by atoms with Crippen molar-refractivity contribution >= 4 is 5.91 Å². The molecule has 98 valence electrons. The Balaban J connectivity index is 2.26. The van der Waals surface area contributed by atoms with E-state index in [0.29, 0.717) is 6.54 Å². The molecule has 1 aliphatic rings. The monoisotopic (exact) mass is 238 g/mol. The molecule has 1 rings (SSSR count). The van der Waals surface area contributed by atoms with Crippen molar-refractivity contribution in [1.82, 2.24) is 5.32 Å². The molecule has 3 heteroatoms. The number of nitrogens with one attached hydrogen (secondary N) is 1. The minimum absolute atomic E-state index is 0.0334. The highest BCUT2D eigenvalue weighted by Crippen LogP contribution is 2.20. The van der Waals surface area contributed by atoms with Gasteiger partial charge in [-0.05, 0) is 37.5 Å². The van der Waals surface area contributed by atoms with E-state index in [4.69, 9.17) is 5.73 Å². The second kappa shape index (κ2) is 6.20. The summed E-state index contributed by atoms with van der Waals surface area (Å²) in [5.74, 6) is -0.0334. The van der Waals surface area contributed by atoms with Crippen molar-refractivity contribution < 1.29 is 4.79 Å². The quantitative estimate of drug-likeness (QED) is 0.739. The Morgan fingerprint density at radius 3 is 2.71 bits per heavy atom. The van der Waals surface area contributed by atoms with Crippen LogP contribution in [0.3, 0.4) is 0 Å². The van der Waals surface area contributed by atoms with Crippen LogP contribution in [0, 0.1) is 5.41 Å². The number of hydrogen-bond acceptors (Lipinski definition) is 2. The molecule has 0 aromatic rings. The first-order valence-corrected chi connectivity index (χ1v) is 6.62. The molecular formula is C14H26N2O. The van der Waals surface area contributed by atoms with E-state index < -0.39 is 6.04 Å². The van der Waals surface area contributed by atoms with E-state index >= 15 is 0 Å². The molecule has 0 radical (unpaired) electrons. The third kappa shape index (κ3) is 4.90. The molecule has 1 unspecified atom stereocenters. The van der Waals surface area contributed by atoms with E-state index in [1.54, 1.807) is 0 Å². The Morgan fingerprint density at radius 1 is 1.47 bits per heavy atom.